The summed E-state index contributed by atoms with van der Waals surface area (Å²) in [4.78, 5) is 7.15. The maximum Gasteiger partial charge on any atom is 0.244 e. The SMILES string of the molecule is O=S(=O)(c1ccc(N2CCC3(CCCC3)CC2)nc1)N1CCCCC1. The van der Waals surface area contributed by atoms with E-state index < -0.39 is 10.0 Å². The van der Waals surface area contributed by atoms with Crippen LogP contribution in [0.2, 0.25) is 0 Å². The Morgan fingerprint density at radius 3 is 2.12 bits per heavy atom. The van der Waals surface area contributed by atoms with Gasteiger partial charge in [-0.05, 0) is 56.1 Å². The molecule has 0 atom stereocenters. The van der Waals surface area contributed by atoms with E-state index >= 15 is 0 Å². The first-order chi connectivity index (χ1) is 12.1. The monoisotopic (exact) mass is 363 g/mol. The lowest BCUT2D eigenvalue weighted by Gasteiger charge is -2.40. The molecule has 5 nitrogen and oxygen atoms in total. The smallest absolute Gasteiger partial charge is 0.244 e. The van der Waals surface area contributed by atoms with Gasteiger partial charge in [-0.1, -0.05) is 19.3 Å². The van der Waals surface area contributed by atoms with Crippen LogP contribution >= 0.6 is 0 Å². The maximum atomic E-state index is 12.7. The van der Waals surface area contributed by atoms with Gasteiger partial charge >= 0.3 is 0 Å². The van der Waals surface area contributed by atoms with Crippen LogP contribution in [0.5, 0.6) is 0 Å². The van der Waals surface area contributed by atoms with Gasteiger partial charge in [0.1, 0.15) is 10.7 Å². The molecule has 6 heteroatoms. The van der Waals surface area contributed by atoms with E-state index in [-0.39, 0.29) is 0 Å². The lowest BCUT2D eigenvalue weighted by atomic mass is 9.77. The number of hydrogen-bond donors (Lipinski definition) is 0. The molecule has 138 valence electrons. The Morgan fingerprint density at radius 1 is 0.840 bits per heavy atom. The predicted octanol–water partition coefficient (Wildman–Crippen LogP) is 3.42. The summed E-state index contributed by atoms with van der Waals surface area (Å²) in [7, 11) is -3.38. The molecule has 1 aromatic rings. The number of pyridine rings is 1. The van der Waals surface area contributed by atoms with Crippen LogP contribution in [0.15, 0.2) is 23.2 Å². The molecular formula is C19H29N3O2S. The molecule has 1 saturated carbocycles. The van der Waals surface area contributed by atoms with Crippen LogP contribution in [-0.4, -0.2) is 43.9 Å². The molecule has 0 N–H and O–H groups in total. The lowest BCUT2D eigenvalue weighted by molar-refractivity contribution is 0.226. The molecule has 0 radical (unpaired) electrons. The van der Waals surface area contributed by atoms with Crippen molar-refractivity contribution in [3.8, 4) is 0 Å². The second kappa shape index (κ2) is 6.88. The van der Waals surface area contributed by atoms with Gasteiger partial charge in [0.2, 0.25) is 10.0 Å². The van der Waals surface area contributed by atoms with E-state index in [2.05, 4.69) is 9.88 Å². The minimum absolute atomic E-state index is 0.336. The van der Waals surface area contributed by atoms with Gasteiger partial charge in [0.25, 0.3) is 0 Å². The van der Waals surface area contributed by atoms with Gasteiger partial charge in [-0.25, -0.2) is 13.4 Å². The summed E-state index contributed by atoms with van der Waals surface area (Å²) >= 11 is 0. The molecule has 3 aliphatic rings. The maximum absolute atomic E-state index is 12.7. The summed E-state index contributed by atoms with van der Waals surface area (Å²) in [6.07, 6.45) is 12.7. The van der Waals surface area contributed by atoms with E-state index in [1.54, 1.807) is 16.6 Å². The van der Waals surface area contributed by atoms with E-state index in [1.165, 1.54) is 38.5 Å². The number of piperidine rings is 2. The normalized spacial score (nSPS) is 24.7. The zero-order chi connectivity index (χ0) is 17.3. The fraction of sp³-hybridized carbons (Fsp3) is 0.737. The van der Waals surface area contributed by atoms with Gasteiger partial charge in [-0.2, -0.15) is 4.31 Å². The summed E-state index contributed by atoms with van der Waals surface area (Å²) in [6.45, 7) is 3.37. The molecule has 3 heterocycles. The number of nitrogens with zero attached hydrogens (tertiary/aromatic N) is 3. The fourth-order valence-electron chi connectivity index (χ4n) is 4.80. The number of rotatable bonds is 3. The van der Waals surface area contributed by atoms with Crippen LogP contribution in [0.1, 0.15) is 57.8 Å². The van der Waals surface area contributed by atoms with Crippen LogP contribution in [0.25, 0.3) is 0 Å². The van der Waals surface area contributed by atoms with Gasteiger partial charge in [-0.15, -0.1) is 0 Å². The predicted molar refractivity (Wildman–Crippen MR) is 99.2 cm³/mol. The van der Waals surface area contributed by atoms with Crippen LogP contribution in [0, 0.1) is 5.41 Å². The quantitative estimate of drug-likeness (QED) is 0.826. The number of hydrogen-bond acceptors (Lipinski definition) is 4. The van der Waals surface area contributed by atoms with Crippen LogP contribution in [-0.2, 0) is 10.0 Å². The van der Waals surface area contributed by atoms with Gasteiger partial charge < -0.3 is 4.90 Å². The molecule has 0 amide bonds. The van der Waals surface area contributed by atoms with Gasteiger partial charge in [0.15, 0.2) is 0 Å². The molecule has 0 bridgehead atoms. The summed E-state index contributed by atoms with van der Waals surface area (Å²) in [5.41, 5.74) is 0.591. The first-order valence-electron chi connectivity index (χ1n) is 9.80. The third-order valence-electron chi connectivity index (χ3n) is 6.49. The van der Waals surface area contributed by atoms with Crippen molar-refractivity contribution in [2.75, 3.05) is 31.1 Å². The molecule has 2 saturated heterocycles. The Morgan fingerprint density at radius 2 is 1.52 bits per heavy atom. The van der Waals surface area contributed by atoms with E-state index in [0.717, 1.165) is 38.2 Å². The standard InChI is InChI=1S/C19H29N3O2S/c23-25(24,22-12-4-1-5-13-22)17-6-7-18(20-16-17)21-14-10-19(11-15-21)8-2-3-9-19/h6-7,16H,1-5,8-15H2. The third-order valence-corrected chi connectivity index (χ3v) is 8.37. The van der Waals surface area contributed by atoms with Crippen LogP contribution in [0.3, 0.4) is 0 Å². The van der Waals surface area contributed by atoms with E-state index in [0.29, 0.717) is 23.4 Å². The van der Waals surface area contributed by atoms with Crippen molar-refractivity contribution in [2.24, 2.45) is 5.41 Å². The molecule has 2 aliphatic heterocycles. The molecule has 25 heavy (non-hydrogen) atoms. The molecule has 0 aromatic carbocycles. The molecule has 3 fully saturated rings. The van der Waals surface area contributed by atoms with Crippen molar-refractivity contribution >= 4 is 15.8 Å². The Balaban J connectivity index is 1.43. The highest BCUT2D eigenvalue weighted by Gasteiger charge is 2.37. The van der Waals surface area contributed by atoms with Crippen molar-refractivity contribution in [3.63, 3.8) is 0 Å². The number of anilines is 1. The minimum atomic E-state index is -3.38. The third kappa shape index (κ3) is 3.43. The fourth-order valence-corrected chi connectivity index (χ4v) is 6.26. The average Bonchev–Trinajstić information content (AvgIpc) is 3.11. The van der Waals surface area contributed by atoms with Crippen LogP contribution < -0.4 is 4.90 Å². The summed E-state index contributed by atoms with van der Waals surface area (Å²) in [5, 5.41) is 0. The zero-order valence-corrected chi connectivity index (χ0v) is 15.8. The Hall–Kier alpha value is -1.14. The first-order valence-corrected chi connectivity index (χ1v) is 11.2. The molecule has 0 unspecified atom stereocenters. The number of aromatic nitrogens is 1. The molecule has 1 aliphatic carbocycles. The topological polar surface area (TPSA) is 53.5 Å². The highest BCUT2D eigenvalue weighted by Crippen LogP contribution is 2.46. The van der Waals surface area contributed by atoms with Gasteiger partial charge in [0, 0.05) is 32.4 Å². The van der Waals surface area contributed by atoms with Crippen molar-refractivity contribution in [1.29, 1.82) is 0 Å². The zero-order valence-electron chi connectivity index (χ0n) is 15.0. The Bertz CT molecular complexity index is 680. The Kier molecular flexibility index (Phi) is 4.75. The van der Waals surface area contributed by atoms with E-state index in [4.69, 9.17) is 0 Å². The summed E-state index contributed by atoms with van der Waals surface area (Å²) < 4.78 is 27.0. The van der Waals surface area contributed by atoms with E-state index in [1.807, 2.05) is 6.07 Å². The van der Waals surface area contributed by atoms with Crippen molar-refractivity contribution < 1.29 is 8.42 Å². The van der Waals surface area contributed by atoms with Gasteiger partial charge in [-0.3, -0.25) is 0 Å². The average molecular weight is 364 g/mol. The summed E-state index contributed by atoms with van der Waals surface area (Å²) in [6, 6.07) is 3.63. The van der Waals surface area contributed by atoms with Gasteiger partial charge in [0.05, 0.1) is 0 Å². The summed E-state index contributed by atoms with van der Waals surface area (Å²) in [5.74, 6) is 0.922. The van der Waals surface area contributed by atoms with Crippen molar-refractivity contribution in [3.05, 3.63) is 18.3 Å². The second-order valence-corrected chi connectivity index (χ2v) is 9.95. The molecule has 1 aromatic heterocycles. The molecule has 1 spiro atoms. The van der Waals surface area contributed by atoms with Crippen molar-refractivity contribution in [2.45, 2.75) is 62.7 Å². The highest BCUT2D eigenvalue weighted by molar-refractivity contribution is 7.89. The largest absolute Gasteiger partial charge is 0.357 e. The molecular weight excluding hydrogens is 334 g/mol. The number of sulfonamides is 1. The minimum Gasteiger partial charge on any atom is -0.357 e. The Labute approximate surface area is 151 Å². The van der Waals surface area contributed by atoms with E-state index in [9.17, 15) is 8.42 Å². The lowest BCUT2D eigenvalue weighted by Crippen LogP contribution is -2.39. The van der Waals surface area contributed by atoms with Crippen LogP contribution in [0.4, 0.5) is 5.82 Å². The molecule has 4 rings (SSSR count). The first kappa shape index (κ1) is 17.3. The van der Waals surface area contributed by atoms with Crippen molar-refractivity contribution in [1.82, 2.24) is 9.29 Å². The highest BCUT2D eigenvalue weighted by atomic mass is 32.2. The second-order valence-electron chi connectivity index (χ2n) is 8.01.